The Kier molecular flexibility index (Phi) is 12.5. The number of nitrogens with zero attached hydrogens (tertiary/aromatic N) is 2. The summed E-state index contributed by atoms with van der Waals surface area (Å²) >= 11 is 0. The number of carbonyl (C=O) groups is 2. The summed E-state index contributed by atoms with van der Waals surface area (Å²) in [7, 11) is 0.273. The van der Waals surface area contributed by atoms with Crippen LogP contribution in [0, 0.1) is 6.92 Å². The van der Waals surface area contributed by atoms with E-state index in [4.69, 9.17) is 14.2 Å². The number of anilines is 1. The van der Waals surface area contributed by atoms with E-state index in [1.807, 2.05) is 32.9 Å². The summed E-state index contributed by atoms with van der Waals surface area (Å²) in [6.07, 6.45) is 2.04. The van der Waals surface area contributed by atoms with Crippen LogP contribution in [0.1, 0.15) is 44.2 Å². The van der Waals surface area contributed by atoms with Crippen molar-refractivity contribution in [2.24, 2.45) is 0 Å². The minimum Gasteiger partial charge on any atom is -0.497 e. The Bertz CT molecular complexity index is 1490. The molecule has 0 heterocycles. The van der Waals surface area contributed by atoms with Gasteiger partial charge in [-0.25, -0.2) is 8.42 Å². The van der Waals surface area contributed by atoms with E-state index in [-0.39, 0.29) is 23.0 Å². The molecule has 3 rings (SSSR count). The Morgan fingerprint density at radius 1 is 0.864 bits per heavy atom. The summed E-state index contributed by atoms with van der Waals surface area (Å²) < 4.78 is 45.3. The number of nitrogens with one attached hydrogen (secondary N) is 1. The molecule has 0 fully saturated rings. The average Bonchev–Trinajstić information content (AvgIpc) is 3.03. The van der Waals surface area contributed by atoms with Gasteiger partial charge in [0, 0.05) is 19.2 Å². The fraction of sp³-hybridized carbons (Fsp3) is 0.394. The van der Waals surface area contributed by atoms with E-state index in [0.29, 0.717) is 30.2 Å². The minimum atomic E-state index is -4.22. The molecule has 0 bridgehead atoms. The highest BCUT2D eigenvalue weighted by molar-refractivity contribution is 7.92. The maximum absolute atomic E-state index is 14.3. The van der Waals surface area contributed by atoms with Crippen LogP contribution in [0.25, 0.3) is 0 Å². The molecule has 0 unspecified atom stereocenters. The largest absolute Gasteiger partial charge is 0.497 e. The highest BCUT2D eigenvalue weighted by atomic mass is 32.2. The smallest absolute Gasteiger partial charge is 0.264 e. The summed E-state index contributed by atoms with van der Waals surface area (Å²) in [5.41, 5.74) is 1.86. The van der Waals surface area contributed by atoms with E-state index >= 15 is 0 Å². The number of sulfonamides is 1. The van der Waals surface area contributed by atoms with E-state index in [2.05, 4.69) is 5.32 Å². The predicted octanol–water partition coefficient (Wildman–Crippen LogP) is 4.94. The van der Waals surface area contributed by atoms with Crippen LogP contribution in [0.15, 0.2) is 71.6 Å². The summed E-state index contributed by atoms with van der Waals surface area (Å²) in [5, 5.41) is 2.93. The number of ether oxygens (including phenoxy) is 3. The van der Waals surface area contributed by atoms with Gasteiger partial charge in [-0.1, -0.05) is 50.1 Å². The highest BCUT2D eigenvalue weighted by Crippen LogP contribution is 2.34. The zero-order chi connectivity index (χ0) is 32.3. The van der Waals surface area contributed by atoms with Gasteiger partial charge in [0.2, 0.25) is 11.8 Å². The van der Waals surface area contributed by atoms with E-state index in [0.717, 1.165) is 28.3 Å². The van der Waals surface area contributed by atoms with Gasteiger partial charge in [0.25, 0.3) is 10.0 Å². The maximum atomic E-state index is 14.3. The molecular weight excluding hydrogens is 582 g/mol. The summed E-state index contributed by atoms with van der Waals surface area (Å²) in [6, 6.07) is 17.4. The van der Waals surface area contributed by atoms with Gasteiger partial charge >= 0.3 is 0 Å². The Labute approximate surface area is 261 Å². The molecule has 1 N–H and O–H groups in total. The number of rotatable bonds is 16. The van der Waals surface area contributed by atoms with E-state index < -0.39 is 28.5 Å². The van der Waals surface area contributed by atoms with Crippen molar-refractivity contribution in [3.63, 3.8) is 0 Å². The second-order valence-corrected chi connectivity index (χ2v) is 12.2. The topological polar surface area (TPSA) is 114 Å². The summed E-state index contributed by atoms with van der Waals surface area (Å²) in [4.78, 5) is 29.1. The first-order chi connectivity index (χ1) is 21.1. The SMILES string of the molecule is CCCCNC(=O)[C@H](CC)N(Cc1ccc(OC)cc1)C(=O)CN(c1ccc(OC)c(OC)c1)S(=O)(=O)c1ccc(C)cc1. The van der Waals surface area contributed by atoms with Crippen LogP contribution in [0.2, 0.25) is 0 Å². The molecular formula is C33H43N3O7S. The van der Waals surface area contributed by atoms with Crippen LogP contribution in [0.3, 0.4) is 0 Å². The number of carbonyl (C=O) groups excluding carboxylic acids is 2. The molecule has 0 spiro atoms. The zero-order valence-corrected chi connectivity index (χ0v) is 27.1. The lowest BCUT2D eigenvalue weighted by Gasteiger charge is -2.33. The molecule has 3 aromatic carbocycles. The molecule has 11 heteroatoms. The number of aryl methyl sites for hydroxylation is 1. The van der Waals surface area contributed by atoms with Crippen LogP contribution in [0.4, 0.5) is 5.69 Å². The van der Waals surface area contributed by atoms with Crippen molar-refractivity contribution in [1.82, 2.24) is 10.2 Å². The first-order valence-corrected chi connectivity index (χ1v) is 16.0. The molecule has 0 saturated carbocycles. The first kappa shape index (κ1) is 34.2. The van der Waals surface area contributed by atoms with Crippen LogP contribution in [0.5, 0.6) is 17.2 Å². The fourth-order valence-corrected chi connectivity index (χ4v) is 6.11. The van der Waals surface area contributed by atoms with Crippen molar-refractivity contribution in [3.05, 3.63) is 77.9 Å². The van der Waals surface area contributed by atoms with Crippen molar-refractivity contribution in [3.8, 4) is 17.2 Å². The van der Waals surface area contributed by atoms with Gasteiger partial charge in [0.1, 0.15) is 18.3 Å². The molecule has 0 aromatic heterocycles. The van der Waals surface area contributed by atoms with Crippen molar-refractivity contribution in [2.75, 3.05) is 38.7 Å². The number of hydrogen-bond acceptors (Lipinski definition) is 7. The number of unbranched alkanes of at least 4 members (excludes halogenated alkanes) is 1. The van der Waals surface area contributed by atoms with Gasteiger partial charge in [-0.15, -0.1) is 0 Å². The van der Waals surface area contributed by atoms with Gasteiger partial charge < -0.3 is 24.4 Å². The lowest BCUT2D eigenvalue weighted by atomic mass is 10.1. The molecule has 0 saturated heterocycles. The molecule has 238 valence electrons. The molecule has 44 heavy (non-hydrogen) atoms. The van der Waals surface area contributed by atoms with Gasteiger partial charge in [-0.3, -0.25) is 13.9 Å². The third-order valence-corrected chi connectivity index (χ3v) is 9.06. The molecule has 0 aliphatic rings. The quantitative estimate of drug-likeness (QED) is 0.224. The third-order valence-electron chi connectivity index (χ3n) is 7.27. The number of methoxy groups -OCH3 is 3. The van der Waals surface area contributed by atoms with Crippen molar-refractivity contribution < 1.29 is 32.2 Å². The standard InChI is InChI=1S/C33H43N3O7S/c1-7-9-20-34-33(38)29(8-2)35(22-25-12-15-27(41-4)16-13-25)32(37)23-36(26-14-19-30(42-5)31(21-26)43-6)44(39,40)28-17-10-24(3)11-18-28/h10-19,21,29H,7-9,20,22-23H2,1-6H3,(H,34,38)/t29-/m0/s1. The normalized spacial score (nSPS) is 11.8. The average molecular weight is 626 g/mol. The van der Waals surface area contributed by atoms with Crippen LogP contribution in [-0.2, 0) is 26.2 Å². The fourth-order valence-electron chi connectivity index (χ4n) is 4.70. The first-order valence-electron chi connectivity index (χ1n) is 14.6. The Hall–Kier alpha value is -4.25. The van der Waals surface area contributed by atoms with Gasteiger partial charge in [0.15, 0.2) is 11.5 Å². The maximum Gasteiger partial charge on any atom is 0.264 e. The molecule has 3 aromatic rings. The second-order valence-electron chi connectivity index (χ2n) is 10.3. The van der Waals surface area contributed by atoms with Gasteiger partial charge in [-0.2, -0.15) is 0 Å². The van der Waals surface area contributed by atoms with E-state index in [9.17, 15) is 18.0 Å². The highest BCUT2D eigenvalue weighted by Gasteiger charge is 2.34. The number of amides is 2. The summed E-state index contributed by atoms with van der Waals surface area (Å²) in [6.45, 7) is 5.73. The summed E-state index contributed by atoms with van der Waals surface area (Å²) in [5.74, 6) is 0.537. The number of hydrogen-bond donors (Lipinski definition) is 1. The van der Waals surface area contributed by atoms with Crippen LogP contribution < -0.4 is 23.8 Å². The van der Waals surface area contributed by atoms with Crippen molar-refractivity contribution in [2.45, 2.75) is 57.5 Å². The van der Waals surface area contributed by atoms with E-state index in [1.165, 1.54) is 37.3 Å². The van der Waals surface area contributed by atoms with Crippen molar-refractivity contribution >= 4 is 27.5 Å². The molecule has 2 amide bonds. The van der Waals surface area contributed by atoms with Crippen molar-refractivity contribution in [1.29, 1.82) is 0 Å². The van der Waals surface area contributed by atoms with Gasteiger partial charge in [-0.05, 0) is 61.7 Å². The van der Waals surface area contributed by atoms with Gasteiger partial charge in [0.05, 0.1) is 31.9 Å². The molecule has 0 aliphatic heterocycles. The predicted molar refractivity (Wildman–Crippen MR) is 171 cm³/mol. The molecule has 0 aliphatic carbocycles. The van der Waals surface area contributed by atoms with E-state index in [1.54, 1.807) is 43.5 Å². The molecule has 0 radical (unpaired) electrons. The monoisotopic (exact) mass is 625 g/mol. The molecule has 10 nitrogen and oxygen atoms in total. The Balaban J connectivity index is 2.09. The lowest BCUT2D eigenvalue weighted by molar-refractivity contribution is -0.140. The third kappa shape index (κ3) is 8.43. The number of benzene rings is 3. The Morgan fingerprint density at radius 3 is 2.09 bits per heavy atom. The Morgan fingerprint density at radius 2 is 1.52 bits per heavy atom. The van der Waals surface area contributed by atoms with Crippen LogP contribution in [-0.4, -0.2) is 65.6 Å². The van der Waals surface area contributed by atoms with Crippen LogP contribution >= 0.6 is 0 Å². The second kappa shape index (κ2) is 16.0. The minimum absolute atomic E-state index is 0.0248. The molecule has 1 atom stereocenters. The lowest BCUT2D eigenvalue weighted by Crippen LogP contribution is -2.52. The zero-order valence-electron chi connectivity index (χ0n) is 26.3.